The van der Waals surface area contributed by atoms with Crippen molar-refractivity contribution < 1.29 is 27.4 Å². The van der Waals surface area contributed by atoms with Crippen molar-refractivity contribution >= 4 is 35.6 Å². The number of rotatable bonds is 7. The molecule has 0 atom stereocenters. The normalized spacial score (nSPS) is 15.3. The van der Waals surface area contributed by atoms with Crippen LogP contribution in [0.2, 0.25) is 0 Å². The molecule has 2 aromatic rings. The Morgan fingerprint density at radius 1 is 1.03 bits per heavy atom. The zero-order valence-electron chi connectivity index (χ0n) is 16.7. The molecule has 0 unspecified atom stereocenters. The van der Waals surface area contributed by atoms with Crippen LogP contribution in [0.4, 0.5) is 18.9 Å². The van der Waals surface area contributed by atoms with Gasteiger partial charge in [0.25, 0.3) is 0 Å². The lowest BCUT2D eigenvalue weighted by Gasteiger charge is -2.22. The molecule has 0 radical (unpaired) electrons. The van der Waals surface area contributed by atoms with Crippen LogP contribution in [0.3, 0.4) is 0 Å². The maximum absolute atomic E-state index is 12.2. The van der Waals surface area contributed by atoms with E-state index in [9.17, 15) is 13.2 Å². The summed E-state index contributed by atoms with van der Waals surface area (Å²) in [5.41, 5.74) is 8.42. The predicted molar refractivity (Wildman–Crippen MR) is 123 cm³/mol. The highest BCUT2D eigenvalue weighted by atomic mass is 127. The minimum atomic E-state index is -4.72. The van der Waals surface area contributed by atoms with Crippen molar-refractivity contribution in [3.8, 4) is 5.75 Å². The Morgan fingerprint density at radius 2 is 1.65 bits per heavy atom. The molecule has 1 saturated heterocycles. The summed E-state index contributed by atoms with van der Waals surface area (Å²) in [4.78, 5) is 4.25. The Kier molecular flexibility index (Phi) is 9.85. The molecule has 0 saturated carbocycles. The van der Waals surface area contributed by atoms with E-state index in [4.69, 9.17) is 15.2 Å². The number of guanidine groups is 1. The van der Waals surface area contributed by atoms with Gasteiger partial charge < -0.3 is 25.3 Å². The molecule has 0 bridgehead atoms. The first-order chi connectivity index (χ1) is 14.4. The molecule has 0 aliphatic carbocycles. The van der Waals surface area contributed by atoms with Crippen molar-refractivity contribution in [2.24, 2.45) is 10.7 Å². The van der Waals surface area contributed by atoms with Crippen LogP contribution in [-0.2, 0) is 22.6 Å². The van der Waals surface area contributed by atoms with Gasteiger partial charge in [-0.15, -0.1) is 37.1 Å². The molecule has 1 aliphatic heterocycles. The number of alkyl halides is 3. The van der Waals surface area contributed by atoms with Crippen molar-refractivity contribution in [2.75, 3.05) is 18.5 Å². The van der Waals surface area contributed by atoms with Gasteiger partial charge in [-0.1, -0.05) is 24.3 Å². The number of anilines is 1. The lowest BCUT2D eigenvalue weighted by molar-refractivity contribution is -0.274. The second-order valence-electron chi connectivity index (χ2n) is 6.84. The monoisotopic (exact) mass is 551 g/mol. The second-order valence-corrected chi connectivity index (χ2v) is 6.84. The number of benzene rings is 2. The van der Waals surface area contributed by atoms with Gasteiger partial charge in [-0.05, 0) is 48.2 Å². The number of aliphatic imine (C=N–C) groups is 1. The third kappa shape index (κ3) is 9.32. The van der Waals surface area contributed by atoms with E-state index in [0.29, 0.717) is 18.8 Å². The Labute approximate surface area is 196 Å². The van der Waals surface area contributed by atoms with Crippen LogP contribution in [-0.4, -0.2) is 31.6 Å². The number of nitrogens with two attached hydrogens (primary N) is 1. The third-order valence-electron chi connectivity index (χ3n) is 4.47. The maximum atomic E-state index is 12.2. The Hall–Kier alpha value is -2.05. The van der Waals surface area contributed by atoms with Crippen molar-refractivity contribution in [1.29, 1.82) is 0 Å². The number of halogens is 4. The van der Waals surface area contributed by atoms with Gasteiger partial charge in [0.05, 0.1) is 19.3 Å². The molecule has 31 heavy (non-hydrogen) atoms. The topological polar surface area (TPSA) is 78.1 Å². The average Bonchev–Trinajstić information content (AvgIpc) is 2.73. The van der Waals surface area contributed by atoms with Crippen LogP contribution in [0.1, 0.15) is 24.0 Å². The highest BCUT2D eigenvalue weighted by Crippen LogP contribution is 2.24. The van der Waals surface area contributed by atoms with E-state index in [0.717, 1.165) is 37.2 Å². The van der Waals surface area contributed by atoms with Crippen molar-refractivity contribution in [2.45, 2.75) is 38.5 Å². The lowest BCUT2D eigenvalue weighted by atomic mass is 10.1. The molecular formula is C21H25F3IN3O3. The van der Waals surface area contributed by atoms with Gasteiger partial charge in [0.1, 0.15) is 5.75 Å². The fraction of sp³-hybridized carbons (Fsp3) is 0.381. The molecule has 0 amide bonds. The third-order valence-corrected chi connectivity index (χ3v) is 4.47. The first-order valence-corrected chi connectivity index (χ1v) is 9.57. The van der Waals surface area contributed by atoms with Gasteiger partial charge in [0, 0.05) is 18.9 Å². The molecule has 10 heteroatoms. The van der Waals surface area contributed by atoms with E-state index in [2.05, 4.69) is 15.0 Å². The lowest BCUT2D eigenvalue weighted by Crippen LogP contribution is -2.23. The molecule has 1 heterocycles. The van der Waals surface area contributed by atoms with Gasteiger partial charge in [0.15, 0.2) is 5.96 Å². The summed E-state index contributed by atoms with van der Waals surface area (Å²) in [6.45, 7) is 2.44. The van der Waals surface area contributed by atoms with Gasteiger partial charge >= 0.3 is 6.36 Å². The molecule has 0 aromatic heterocycles. The standard InChI is InChI=1S/C21H24F3N3O3.HI/c22-21(23,24)30-19-7-5-17(6-8-19)27-20(25)26-13-15-1-3-16(4-2-15)14-29-18-9-11-28-12-10-18;/h1-8,18H,9-14H2,(H3,25,26,27);1H. The van der Waals surface area contributed by atoms with Gasteiger partial charge in [-0.2, -0.15) is 0 Å². The highest BCUT2D eigenvalue weighted by molar-refractivity contribution is 14.0. The minimum Gasteiger partial charge on any atom is -0.406 e. The molecule has 1 fully saturated rings. The summed E-state index contributed by atoms with van der Waals surface area (Å²) in [6.07, 6.45) is -2.61. The van der Waals surface area contributed by atoms with E-state index in [-0.39, 0.29) is 41.8 Å². The van der Waals surface area contributed by atoms with E-state index >= 15 is 0 Å². The van der Waals surface area contributed by atoms with E-state index in [1.807, 2.05) is 24.3 Å². The molecule has 3 rings (SSSR count). The molecule has 1 aliphatic rings. The van der Waals surface area contributed by atoms with Crippen LogP contribution >= 0.6 is 24.0 Å². The fourth-order valence-corrected chi connectivity index (χ4v) is 2.90. The second kappa shape index (κ2) is 12.1. The Morgan fingerprint density at radius 3 is 2.26 bits per heavy atom. The summed E-state index contributed by atoms with van der Waals surface area (Å²) in [6, 6.07) is 13.2. The van der Waals surface area contributed by atoms with Gasteiger partial charge in [0.2, 0.25) is 0 Å². The molecule has 2 aromatic carbocycles. The predicted octanol–water partition coefficient (Wildman–Crippen LogP) is 4.83. The summed E-state index contributed by atoms with van der Waals surface area (Å²) in [5.74, 6) is -0.143. The van der Waals surface area contributed by atoms with Crippen LogP contribution in [0.25, 0.3) is 0 Å². The van der Waals surface area contributed by atoms with E-state index < -0.39 is 6.36 Å². The van der Waals surface area contributed by atoms with Crippen molar-refractivity contribution in [3.63, 3.8) is 0 Å². The summed E-state index contributed by atoms with van der Waals surface area (Å²) < 4.78 is 51.6. The van der Waals surface area contributed by atoms with Crippen molar-refractivity contribution in [3.05, 3.63) is 59.7 Å². The molecule has 3 N–H and O–H groups in total. The highest BCUT2D eigenvalue weighted by Gasteiger charge is 2.30. The number of hydrogen-bond donors (Lipinski definition) is 2. The molecule has 6 nitrogen and oxygen atoms in total. The molecule has 0 spiro atoms. The zero-order chi connectivity index (χ0) is 21.4. The maximum Gasteiger partial charge on any atom is 0.573 e. The molecular weight excluding hydrogens is 526 g/mol. The zero-order valence-corrected chi connectivity index (χ0v) is 19.1. The molecule has 170 valence electrons. The number of ether oxygens (including phenoxy) is 3. The van der Waals surface area contributed by atoms with Crippen LogP contribution < -0.4 is 15.8 Å². The van der Waals surface area contributed by atoms with Gasteiger partial charge in [-0.25, -0.2) is 4.99 Å². The van der Waals surface area contributed by atoms with E-state index in [1.54, 1.807) is 0 Å². The smallest absolute Gasteiger partial charge is 0.406 e. The Balaban J connectivity index is 0.00000341. The van der Waals surface area contributed by atoms with E-state index in [1.165, 1.54) is 24.3 Å². The minimum absolute atomic E-state index is 0. The quantitative estimate of drug-likeness (QED) is 0.293. The largest absolute Gasteiger partial charge is 0.573 e. The van der Waals surface area contributed by atoms with Crippen LogP contribution in [0, 0.1) is 0 Å². The van der Waals surface area contributed by atoms with Gasteiger partial charge in [-0.3, -0.25) is 0 Å². The fourth-order valence-electron chi connectivity index (χ4n) is 2.90. The first-order valence-electron chi connectivity index (χ1n) is 9.57. The van der Waals surface area contributed by atoms with Crippen LogP contribution in [0.5, 0.6) is 5.75 Å². The summed E-state index contributed by atoms with van der Waals surface area (Å²) >= 11 is 0. The first kappa shape index (κ1) is 25.2. The summed E-state index contributed by atoms with van der Waals surface area (Å²) in [7, 11) is 0. The number of hydrogen-bond acceptors (Lipinski definition) is 4. The van der Waals surface area contributed by atoms with Crippen molar-refractivity contribution in [1.82, 2.24) is 0 Å². The number of nitrogens with zero attached hydrogens (tertiary/aromatic N) is 1. The average molecular weight is 551 g/mol. The number of nitrogens with one attached hydrogen (secondary N) is 1. The van der Waals surface area contributed by atoms with Crippen LogP contribution in [0.15, 0.2) is 53.5 Å². The Bertz CT molecular complexity index is 825. The summed E-state index contributed by atoms with van der Waals surface area (Å²) in [5, 5.41) is 2.83. The SMILES string of the molecule is I.NC(=NCc1ccc(COC2CCOCC2)cc1)Nc1ccc(OC(F)(F)F)cc1.